The summed E-state index contributed by atoms with van der Waals surface area (Å²) in [5.41, 5.74) is 3.51. The molecule has 2 aromatic rings. The van der Waals surface area contributed by atoms with Crippen molar-refractivity contribution in [2.75, 3.05) is 11.9 Å². The zero-order valence-corrected chi connectivity index (χ0v) is 13.2. The fourth-order valence-electron chi connectivity index (χ4n) is 2.28. The van der Waals surface area contributed by atoms with Gasteiger partial charge in [-0.1, -0.05) is 18.2 Å². The molecule has 5 heteroatoms. The Morgan fingerprint density at radius 3 is 2.17 bits per heavy atom. The molecular weight excluding hydrogens is 295 g/mol. The zero-order chi connectivity index (χ0) is 16.8. The van der Waals surface area contributed by atoms with Gasteiger partial charge in [0, 0.05) is 5.69 Å². The number of anilines is 1. The minimum Gasteiger partial charge on any atom is -0.347 e. The van der Waals surface area contributed by atoms with Crippen molar-refractivity contribution in [3.63, 3.8) is 0 Å². The van der Waals surface area contributed by atoms with E-state index in [-0.39, 0.29) is 30.6 Å². The van der Waals surface area contributed by atoms with Gasteiger partial charge in [0.25, 0.3) is 0 Å². The lowest BCUT2D eigenvalue weighted by atomic mass is 10.1. The van der Waals surface area contributed by atoms with Crippen LogP contribution in [-0.4, -0.2) is 18.4 Å². The van der Waals surface area contributed by atoms with Crippen LogP contribution in [0.15, 0.2) is 42.5 Å². The fraction of sp³-hybridized carbons (Fsp3) is 0.222. The number of benzene rings is 2. The summed E-state index contributed by atoms with van der Waals surface area (Å²) >= 11 is 0. The second kappa shape index (κ2) is 7.54. The third-order valence-electron chi connectivity index (χ3n) is 3.23. The molecule has 23 heavy (non-hydrogen) atoms. The van der Waals surface area contributed by atoms with Crippen LogP contribution in [0.25, 0.3) is 0 Å². The molecule has 0 saturated heterocycles. The minimum absolute atomic E-state index is 0.104. The molecule has 4 nitrogen and oxygen atoms in total. The molecule has 0 unspecified atom stereocenters. The first kappa shape index (κ1) is 16.7. The number of amides is 2. The van der Waals surface area contributed by atoms with E-state index < -0.39 is 0 Å². The van der Waals surface area contributed by atoms with Crippen molar-refractivity contribution in [1.82, 2.24) is 5.32 Å². The van der Waals surface area contributed by atoms with Gasteiger partial charge >= 0.3 is 0 Å². The predicted octanol–water partition coefficient (Wildman–Crippen LogP) is 2.74. The van der Waals surface area contributed by atoms with Gasteiger partial charge < -0.3 is 10.6 Å². The fourth-order valence-corrected chi connectivity index (χ4v) is 2.28. The first-order chi connectivity index (χ1) is 10.9. The van der Waals surface area contributed by atoms with Gasteiger partial charge in [-0.15, -0.1) is 0 Å². The highest BCUT2D eigenvalue weighted by molar-refractivity contribution is 5.94. The SMILES string of the molecule is Cc1cc(C)cc(NC(=O)CNC(=O)Cc2ccc(F)cc2)c1. The van der Waals surface area contributed by atoms with Gasteiger partial charge in [0.1, 0.15) is 5.82 Å². The van der Waals surface area contributed by atoms with Crippen molar-refractivity contribution >= 4 is 17.5 Å². The van der Waals surface area contributed by atoms with E-state index in [0.717, 1.165) is 11.1 Å². The van der Waals surface area contributed by atoms with Crippen LogP contribution in [0.2, 0.25) is 0 Å². The van der Waals surface area contributed by atoms with Crippen molar-refractivity contribution in [3.8, 4) is 0 Å². The van der Waals surface area contributed by atoms with Crippen LogP contribution in [0.5, 0.6) is 0 Å². The van der Waals surface area contributed by atoms with Gasteiger partial charge in [0.05, 0.1) is 13.0 Å². The molecule has 0 fully saturated rings. The molecular formula is C18H19FN2O2. The van der Waals surface area contributed by atoms with Gasteiger partial charge in [-0.3, -0.25) is 9.59 Å². The molecule has 0 atom stereocenters. The predicted molar refractivity (Wildman–Crippen MR) is 87.7 cm³/mol. The van der Waals surface area contributed by atoms with Crippen LogP contribution in [0.4, 0.5) is 10.1 Å². The summed E-state index contributed by atoms with van der Waals surface area (Å²) in [6, 6.07) is 11.4. The summed E-state index contributed by atoms with van der Waals surface area (Å²) in [5, 5.41) is 5.30. The number of carbonyl (C=O) groups excluding carboxylic acids is 2. The molecule has 2 rings (SSSR count). The minimum atomic E-state index is -0.345. The highest BCUT2D eigenvalue weighted by Gasteiger charge is 2.07. The van der Waals surface area contributed by atoms with Gasteiger partial charge in [-0.2, -0.15) is 0 Å². The summed E-state index contributed by atoms with van der Waals surface area (Å²) < 4.78 is 12.8. The Morgan fingerprint density at radius 2 is 1.57 bits per heavy atom. The van der Waals surface area contributed by atoms with Gasteiger partial charge in [0.15, 0.2) is 0 Å². The lowest BCUT2D eigenvalue weighted by molar-refractivity contribution is -0.123. The molecule has 2 amide bonds. The van der Waals surface area contributed by atoms with Crippen molar-refractivity contribution in [2.45, 2.75) is 20.3 Å². The third kappa shape index (κ3) is 5.54. The lowest BCUT2D eigenvalue weighted by Crippen LogP contribution is -2.33. The van der Waals surface area contributed by atoms with Crippen molar-refractivity contribution in [2.24, 2.45) is 0 Å². The largest absolute Gasteiger partial charge is 0.347 e. The molecule has 0 saturated carbocycles. The van der Waals surface area contributed by atoms with Crippen LogP contribution in [0, 0.1) is 19.7 Å². The van der Waals surface area contributed by atoms with E-state index in [9.17, 15) is 14.0 Å². The number of halogens is 1. The highest BCUT2D eigenvalue weighted by atomic mass is 19.1. The van der Waals surface area contributed by atoms with Crippen molar-refractivity contribution < 1.29 is 14.0 Å². The van der Waals surface area contributed by atoms with E-state index in [1.165, 1.54) is 12.1 Å². The van der Waals surface area contributed by atoms with Crippen LogP contribution in [-0.2, 0) is 16.0 Å². The smallest absolute Gasteiger partial charge is 0.243 e. The van der Waals surface area contributed by atoms with E-state index in [0.29, 0.717) is 11.3 Å². The number of hydrogen-bond acceptors (Lipinski definition) is 2. The number of nitrogens with one attached hydrogen (secondary N) is 2. The first-order valence-corrected chi connectivity index (χ1v) is 7.31. The van der Waals surface area contributed by atoms with Crippen LogP contribution < -0.4 is 10.6 Å². The monoisotopic (exact) mass is 314 g/mol. The summed E-state index contributed by atoms with van der Waals surface area (Å²) in [5.74, 6) is -0.920. The molecule has 0 spiro atoms. The summed E-state index contributed by atoms with van der Waals surface area (Å²) in [6.07, 6.45) is 0.108. The van der Waals surface area contributed by atoms with Crippen LogP contribution in [0.1, 0.15) is 16.7 Å². The second-order valence-electron chi connectivity index (χ2n) is 5.50. The Kier molecular flexibility index (Phi) is 5.46. The molecule has 0 aromatic heterocycles. The van der Waals surface area contributed by atoms with E-state index in [4.69, 9.17) is 0 Å². The molecule has 0 heterocycles. The van der Waals surface area contributed by atoms with E-state index in [1.54, 1.807) is 12.1 Å². The Hall–Kier alpha value is -2.69. The molecule has 0 bridgehead atoms. The average molecular weight is 314 g/mol. The standard InChI is InChI=1S/C18H19FN2O2/c1-12-7-13(2)9-16(8-12)21-18(23)11-20-17(22)10-14-3-5-15(19)6-4-14/h3-9H,10-11H2,1-2H3,(H,20,22)(H,21,23). The molecule has 2 N–H and O–H groups in total. The van der Waals surface area contributed by atoms with Gasteiger partial charge in [-0.05, 0) is 54.8 Å². The molecule has 120 valence electrons. The molecule has 0 aliphatic carbocycles. The molecule has 2 aromatic carbocycles. The van der Waals surface area contributed by atoms with Crippen molar-refractivity contribution in [3.05, 3.63) is 65.0 Å². The average Bonchev–Trinajstić information content (AvgIpc) is 2.46. The Bertz CT molecular complexity index is 691. The number of hydrogen-bond donors (Lipinski definition) is 2. The molecule has 0 radical (unpaired) electrons. The van der Waals surface area contributed by atoms with E-state index in [1.807, 2.05) is 32.0 Å². The van der Waals surface area contributed by atoms with Crippen molar-refractivity contribution in [1.29, 1.82) is 0 Å². The maximum Gasteiger partial charge on any atom is 0.243 e. The number of aryl methyl sites for hydroxylation is 2. The number of rotatable bonds is 5. The third-order valence-corrected chi connectivity index (χ3v) is 3.23. The Labute approximate surface area is 134 Å². The number of carbonyl (C=O) groups is 2. The first-order valence-electron chi connectivity index (χ1n) is 7.31. The highest BCUT2D eigenvalue weighted by Crippen LogP contribution is 2.13. The molecule has 0 aliphatic rings. The maximum absolute atomic E-state index is 12.8. The molecule has 0 aliphatic heterocycles. The maximum atomic E-state index is 12.8. The lowest BCUT2D eigenvalue weighted by Gasteiger charge is -2.09. The Morgan fingerprint density at radius 1 is 0.957 bits per heavy atom. The van der Waals surface area contributed by atoms with Gasteiger partial charge in [-0.25, -0.2) is 4.39 Å². The van der Waals surface area contributed by atoms with E-state index >= 15 is 0 Å². The second-order valence-corrected chi connectivity index (χ2v) is 5.50. The normalized spacial score (nSPS) is 10.2. The van der Waals surface area contributed by atoms with Crippen LogP contribution >= 0.6 is 0 Å². The summed E-state index contributed by atoms with van der Waals surface area (Å²) in [7, 11) is 0. The summed E-state index contributed by atoms with van der Waals surface area (Å²) in [4.78, 5) is 23.6. The van der Waals surface area contributed by atoms with E-state index in [2.05, 4.69) is 10.6 Å². The van der Waals surface area contributed by atoms with Crippen LogP contribution in [0.3, 0.4) is 0 Å². The Balaban J connectivity index is 1.81. The summed E-state index contributed by atoms with van der Waals surface area (Å²) in [6.45, 7) is 3.80. The van der Waals surface area contributed by atoms with Gasteiger partial charge in [0.2, 0.25) is 11.8 Å². The zero-order valence-electron chi connectivity index (χ0n) is 13.2. The topological polar surface area (TPSA) is 58.2 Å². The quantitative estimate of drug-likeness (QED) is 0.891.